The molecule has 2 atom stereocenters. The van der Waals surface area contributed by atoms with Crippen LogP contribution in [0.4, 0.5) is 0 Å². The first-order chi connectivity index (χ1) is 11.5. The van der Waals surface area contributed by atoms with Crippen molar-refractivity contribution >= 4 is 19.8 Å². The molecule has 0 aliphatic heterocycles. The molecule has 1 N–H and O–H groups in total. The van der Waals surface area contributed by atoms with Crippen LogP contribution >= 0.6 is 0 Å². The van der Waals surface area contributed by atoms with E-state index in [0.717, 1.165) is 12.8 Å². The van der Waals surface area contributed by atoms with Crippen molar-refractivity contribution in [3.63, 3.8) is 0 Å². The Kier molecular flexibility index (Phi) is 16.4. The summed E-state index contributed by atoms with van der Waals surface area (Å²) in [5, 5.41) is 18.2. The molecule has 1 rings (SSSR count). The normalized spacial score (nSPS) is 20.4. The zero-order chi connectivity index (χ0) is 18.2. The maximum absolute atomic E-state index is 9.89. The quantitative estimate of drug-likeness (QED) is 0.260. The van der Waals surface area contributed by atoms with Gasteiger partial charge in [0.1, 0.15) is 6.10 Å². The van der Waals surface area contributed by atoms with Crippen molar-refractivity contribution in [2.24, 2.45) is 0 Å². The van der Waals surface area contributed by atoms with Crippen LogP contribution in [-0.4, -0.2) is 42.2 Å². The van der Waals surface area contributed by atoms with E-state index in [1.165, 1.54) is 38.5 Å². The minimum absolute atomic E-state index is 0.585. The van der Waals surface area contributed by atoms with Gasteiger partial charge in [-0.2, -0.15) is 0 Å². The number of nitrogens with zero attached hydrogens (tertiary/aromatic N) is 1. The fourth-order valence-corrected chi connectivity index (χ4v) is 12.4. The summed E-state index contributed by atoms with van der Waals surface area (Å²) in [4.78, 5) is 14.2. The van der Waals surface area contributed by atoms with Crippen LogP contribution < -0.4 is 0 Å². The fraction of sp³-hybridized carbons (Fsp3) is 1.00. The third-order valence-electron chi connectivity index (χ3n) is 4.54. The van der Waals surface area contributed by atoms with Crippen molar-refractivity contribution in [1.29, 1.82) is 0 Å². The van der Waals surface area contributed by atoms with Crippen LogP contribution in [0.3, 0.4) is 0 Å². The Morgan fingerprint density at radius 3 is 1.83 bits per heavy atom. The molecule has 0 amide bonds. The molecular formula is C18H38NO4Sn. The zero-order valence-electron chi connectivity index (χ0n) is 16.0. The van der Waals surface area contributed by atoms with Crippen molar-refractivity contribution in [1.82, 2.24) is 0 Å². The summed E-state index contributed by atoms with van der Waals surface area (Å²) < 4.78 is 5.04. The Morgan fingerprint density at radius 2 is 1.46 bits per heavy atom. The second-order valence-corrected chi connectivity index (χ2v) is 15.3. The third kappa shape index (κ3) is 13.3. The first kappa shape index (κ1) is 24.0. The summed E-state index contributed by atoms with van der Waals surface area (Å²) in [7, 11) is 0. The van der Waals surface area contributed by atoms with Crippen LogP contribution in [0, 0.1) is 10.1 Å². The van der Waals surface area contributed by atoms with Crippen molar-refractivity contribution in [2.45, 2.75) is 110 Å². The number of aliphatic hydroxyl groups excluding tert-OH is 1. The maximum atomic E-state index is 9.89. The third-order valence-corrected chi connectivity index (χ3v) is 13.6. The number of hydrogen-bond donors (Lipinski definition) is 1. The molecule has 1 saturated carbocycles. The van der Waals surface area contributed by atoms with Gasteiger partial charge in [0.05, 0.1) is 6.10 Å². The molecule has 1 fully saturated rings. The van der Waals surface area contributed by atoms with Crippen molar-refractivity contribution < 1.29 is 15.0 Å². The molecule has 0 heterocycles. The van der Waals surface area contributed by atoms with E-state index in [1.54, 1.807) is 13.3 Å². The van der Waals surface area contributed by atoms with Crippen LogP contribution in [0.2, 0.25) is 13.3 Å². The van der Waals surface area contributed by atoms with Crippen LogP contribution in [0.25, 0.3) is 0 Å². The van der Waals surface area contributed by atoms with Crippen molar-refractivity contribution in [3.05, 3.63) is 10.1 Å². The summed E-state index contributed by atoms with van der Waals surface area (Å²) in [6.07, 6.45) is 10.6. The van der Waals surface area contributed by atoms with E-state index >= 15 is 0 Å². The monoisotopic (exact) mass is 452 g/mol. The summed E-state index contributed by atoms with van der Waals surface area (Å²) in [5.74, 6) is 0. The molecule has 0 aromatic heterocycles. The van der Waals surface area contributed by atoms with E-state index in [4.69, 9.17) is 0 Å². The van der Waals surface area contributed by atoms with E-state index in [2.05, 4.69) is 25.6 Å². The molecule has 24 heavy (non-hydrogen) atoms. The van der Waals surface area contributed by atoms with Crippen LogP contribution in [0.15, 0.2) is 0 Å². The molecule has 1 aliphatic carbocycles. The second-order valence-electron chi connectivity index (χ2n) is 6.78. The van der Waals surface area contributed by atoms with E-state index in [0.29, 0.717) is 12.8 Å². The Labute approximate surface area is 155 Å². The number of hydrogen-bond acceptors (Lipinski definition) is 4. The van der Waals surface area contributed by atoms with E-state index < -0.39 is 37.1 Å². The van der Waals surface area contributed by atoms with Crippen LogP contribution in [0.5, 0.6) is 0 Å². The van der Waals surface area contributed by atoms with E-state index in [9.17, 15) is 15.2 Å². The number of rotatable bonds is 11. The van der Waals surface area contributed by atoms with Gasteiger partial charge in [-0.25, -0.2) is 0 Å². The number of unbranched alkanes of at least 4 members (excludes halogenated alkanes) is 3. The van der Waals surface area contributed by atoms with Gasteiger partial charge in [0.2, 0.25) is 0 Å². The molecule has 0 bridgehead atoms. The summed E-state index contributed by atoms with van der Waals surface area (Å²) in [6.45, 7) is 7.00. The van der Waals surface area contributed by atoms with Gasteiger partial charge in [-0.05, 0) is 12.8 Å². The van der Waals surface area contributed by atoms with Crippen LogP contribution in [0.1, 0.15) is 85.0 Å². The second kappa shape index (κ2) is 16.4. The predicted octanol–water partition coefficient (Wildman–Crippen LogP) is 5.38. The smallest absolute Gasteiger partial charge is 0.294 e. The molecule has 0 saturated heterocycles. The number of aliphatic hydroxyl groups is 1. The minimum atomic E-state index is -0.839. The first-order valence-electron chi connectivity index (χ1n) is 9.87. The van der Waals surface area contributed by atoms with Gasteiger partial charge in [0.25, 0.3) is 5.09 Å². The zero-order valence-corrected chi connectivity index (χ0v) is 18.8. The molecule has 0 aromatic carbocycles. The molecule has 0 spiro atoms. The predicted molar refractivity (Wildman–Crippen MR) is 101 cm³/mol. The van der Waals surface area contributed by atoms with Gasteiger partial charge in [-0.3, -0.25) is 0 Å². The first-order valence-corrected chi connectivity index (χ1v) is 15.9. The Morgan fingerprint density at radius 1 is 1.00 bits per heavy atom. The molecular weight excluding hydrogens is 413 g/mol. The van der Waals surface area contributed by atoms with E-state index in [1.807, 2.05) is 0 Å². The Hall–Kier alpha value is -0.0413. The fourth-order valence-electron chi connectivity index (χ4n) is 2.97. The van der Waals surface area contributed by atoms with Crippen molar-refractivity contribution in [2.75, 3.05) is 0 Å². The summed E-state index contributed by atoms with van der Waals surface area (Å²) in [5.41, 5.74) is 0. The average Bonchev–Trinajstić information content (AvgIpc) is 2.56. The molecule has 0 unspecified atom stereocenters. The summed E-state index contributed by atoms with van der Waals surface area (Å²) in [6, 6.07) is 0. The van der Waals surface area contributed by atoms with Crippen LogP contribution in [-0.2, 0) is 4.84 Å². The molecule has 1 aliphatic rings. The molecule has 5 nitrogen and oxygen atoms in total. The average molecular weight is 451 g/mol. The maximum Gasteiger partial charge on any atom is 0.294 e. The largest absolute Gasteiger partial charge is 0.391 e. The minimum Gasteiger partial charge on any atom is -0.391 e. The van der Waals surface area contributed by atoms with Gasteiger partial charge >= 0.3 is 92.4 Å². The van der Waals surface area contributed by atoms with Gasteiger partial charge < -0.3 is 9.94 Å². The van der Waals surface area contributed by atoms with Gasteiger partial charge in [-0.15, -0.1) is 10.1 Å². The SMILES string of the molecule is CCC[CH2][Sn]([CH2]CCC)[CH2]CCC.O=[N+]([O-])O[C@H]1CCCC[C@H]1O. The summed E-state index contributed by atoms with van der Waals surface area (Å²) >= 11 is -0.839. The van der Waals surface area contributed by atoms with Gasteiger partial charge in [0, 0.05) is 0 Å². The van der Waals surface area contributed by atoms with Gasteiger partial charge in [0.15, 0.2) is 0 Å². The van der Waals surface area contributed by atoms with Gasteiger partial charge in [-0.1, -0.05) is 12.8 Å². The standard InChI is InChI=1S/C6H11NO4.3C4H9.Sn/c8-5-3-1-2-4-6(5)11-7(9)10;3*1-3-4-2;/h5-6,8H,1-4H2;3*1,3-4H2,2H3;/t5-,6+;;;;/m1..../s1. The molecule has 1 radical (unpaired) electrons. The topological polar surface area (TPSA) is 72.6 Å². The molecule has 6 heteroatoms. The van der Waals surface area contributed by atoms with E-state index in [-0.39, 0.29) is 0 Å². The molecule has 0 aromatic rings. The Balaban J connectivity index is 0.000000446. The Bertz CT molecular complexity index is 286. The molecule has 143 valence electrons. The van der Waals surface area contributed by atoms with Crippen molar-refractivity contribution in [3.8, 4) is 0 Å².